The Bertz CT molecular complexity index is 910. The highest BCUT2D eigenvalue weighted by atomic mass is 32.1. The molecule has 3 aromatic rings. The van der Waals surface area contributed by atoms with E-state index in [0.29, 0.717) is 29.8 Å². The van der Waals surface area contributed by atoms with Crippen LogP contribution in [0.25, 0.3) is 0 Å². The highest BCUT2D eigenvalue weighted by Gasteiger charge is 2.14. The Morgan fingerprint density at radius 3 is 2.62 bits per heavy atom. The highest BCUT2D eigenvalue weighted by molar-refractivity contribution is 7.08. The van der Waals surface area contributed by atoms with Crippen molar-refractivity contribution < 1.29 is 14.0 Å². The van der Waals surface area contributed by atoms with Crippen molar-refractivity contribution >= 4 is 28.8 Å². The maximum absolute atomic E-state index is 13.2. The van der Waals surface area contributed by atoms with E-state index in [4.69, 9.17) is 0 Å². The predicted octanol–water partition coefficient (Wildman–Crippen LogP) is 4.11. The summed E-state index contributed by atoms with van der Waals surface area (Å²) in [5, 5.41) is 9.14. The lowest BCUT2D eigenvalue weighted by atomic mass is 10.1. The average molecular weight is 368 g/mol. The van der Waals surface area contributed by atoms with E-state index in [2.05, 4.69) is 10.6 Å². The number of para-hydroxylation sites is 1. The Balaban J connectivity index is 1.63. The first-order valence-electron chi connectivity index (χ1n) is 8.09. The van der Waals surface area contributed by atoms with E-state index in [1.165, 1.54) is 23.5 Å². The fourth-order valence-electron chi connectivity index (χ4n) is 2.49. The molecule has 132 valence electrons. The Morgan fingerprint density at radius 2 is 1.85 bits per heavy atom. The molecule has 0 atom stereocenters. The van der Waals surface area contributed by atoms with Gasteiger partial charge in [-0.1, -0.05) is 24.3 Å². The van der Waals surface area contributed by atoms with Gasteiger partial charge in [0, 0.05) is 11.9 Å². The predicted molar refractivity (Wildman–Crippen MR) is 101 cm³/mol. The molecule has 0 aliphatic heterocycles. The number of nitrogens with one attached hydrogen (secondary N) is 2. The third-order valence-electron chi connectivity index (χ3n) is 3.79. The zero-order valence-corrected chi connectivity index (χ0v) is 14.7. The van der Waals surface area contributed by atoms with Crippen LogP contribution >= 0.6 is 11.3 Å². The van der Waals surface area contributed by atoms with Crippen LogP contribution in [0.1, 0.15) is 26.3 Å². The van der Waals surface area contributed by atoms with Gasteiger partial charge in [-0.2, -0.15) is 11.3 Å². The number of carbonyl (C=O) groups is 2. The van der Waals surface area contributed by atoms with E-state index in [9.17, 15) is 14.0 Å². The summed E-state index contributed by atoms with van der Waals surface area (Å²) in [6, 6.07) is 14.8. The molecule has 1 aromatic heterocycles. The Labute approximate surface area is 154 Å². The van der Waals surface area contributed by atoms with Gasteiger partial charge in [-0.25, -0.2) is 4.39 Å². The summed E-state index contributed by atoms with van der Waals surface area (Å²) < 4.78 is 13.2. The van der Waals surface area contributed by atoms with Crippen LogP contribution in [0.3, 0.4) is 0 Å². The largest absolute Gasteiger partial charge is 0.352 e. The molecule has 2 aromatic carbocycles. The lowest BCUT2D eigenvalue weighted by molar-refractivity contribution is 0.0955. The molecule has 0 radical (unpaired) electrons. The summed E-state index contributed by atoms with van der Waals surface area (Å²) in [4.78, 5) is 24.7. The molecular formula is C20H17FN2O2S. The molecule has 2 N–H and O–H groups in total. The molecule has 2 amide bonds. The fraction of sp³-hybridized carbons (Fsp3) is 0.100. The van der Waals surface area contributed by atoms with Gasteiger partial charge in [0.1, 0.15) is 5.82 Å². The van der Waals surface area contributed by atoms with Gasteiger partial charge in [0.05, 0.1) is 16.8 Å². The van der Waals surface area contributed by atoms with E-state index >= 15 is 0 Å². The highest BCUT2D eigenvalue weighted by Crippen LogP contribution is 2.17. The molecule has 0 fully saturated rings. The van der Waals surface area contributed by atoms with Crippen molar-refractivity contribution in [1.29, 1.82) is 0 Å². The SMILES string of the molecule is O=C(Nc1ccccc1C(=O)NCCc1cccc(F)c1)c1ccsc1. The normalized spacial score (nSPS) is 10.3. The molecule has 0 saturated heterocycles. The molecule has 3 rings (SSSR count). The number of anilines is 1. The van der Waals surface area contributed by atoms with Crippen molar-refractivity contribution in [2.24, 2.45) is 0 Å². The third kappa shape index (κ3) is 4.55. The quantitative estimate of drug-likeness (QED) is 0.688. The topological polar surface area (TPSA) is 58.2 Å². The number of rotatable bonds is 6. The molecule has 0 spiro atoms. The number of carbonyl (C=O) groups excluding carboxylic acids is 2. The number of hydrogen-bond donors (Lipinski definition) is 2. The number of thiophene rings is 1. The molecule has 4 nitrogen and oxygen atoms in total. The van der Waals surface area contributed by atoms with Crippen LogP contribution in [0.4, 0.5) is 10.1 Å². The second-order valence-electron chi connectivity index (χ2n) is 5.65. The smallest absolute Gasteiger partial charge is 0.256 e. The maximum Gasteiger partial charge on any atom is 0.256 e. The standard InChI is InChI=1S/C20H17FN2O2S/c21-16-5-3-4-14(12-16)8-10-22-20(25)17-6-1-2-7-18(17)23-19(24)15-9-11-26-13-15/h1-7,9,11-13H,8,10H2,(H,22,25)(H,23,24). The van der Waals surface area contributed by atoms with Crippen LogP contribution in [-0.4, -0.2) is 18.4 Å². The van der Waals surface area contributed by atoms with Gasteiger partial charge in [0.15, 0.2) is 0 Å². The van der Waals surface area contributed by atoms with Crippen LogP contribution in [0.5, 0.6) is 0 Å². The first-order chi connectivity index (χ1) is 12.6. The molecular weight excluding hydrogens is 351 g/mol. The van der Waals surface area contributed by atoms with Crippen molar-refractivity contribution in [3.8, 4) is 0 Å². The van der Waals surface area contributed by atoms with Gasteiger partial charge in [0.25, 0.3) is 11.8 Å². The lowest BCUT2D eigenvalue weighted by Gasteiger charge is -2.11. The summed E-state index contributed by atoms with van der Waals surface area (Å²) in [5.74, 6) is -0.843. The fourth-order valence-corrected chi connectivity index (χ4v) is 3.12. The number of hydrogen-bond acceptors (Lipinski definition) is 3. The van der Waals surface area contributed by atoms with Gasteiger partial charge < -0.3 is 10.6 Å². The Hall–Kier alpha value is -2.99. The number of benzene rings is 2. The molecule has 0 aliphatic carbocycles. The van der Waals surface area contributed by atoms with Crippen molar-refractivity contribution in [2.45, 2.75) is 6.42 Å². The third-order valence-corrected chi connectivity index (χ3v) is 4.47. The first-order valence-corrected chi connectivity index (χ1v) is 9.03. The Kier molecular flexibility index (Phi) is 5.76. The number of amides is 2. The van der Waals surface area contributed by atoms with Crippen LogP contribution in [0.15, 0.2) is 65.4 Å². The van der Waals surface area contributed by atoms with Crippen molar-refractivity contribution in [2.75, 3.05) is 11.9 Å². The van der Waals surface area contributed by atoms with E-state index in [-0.39, 0.29) is 17.6 Å². The second-order valence-corrected chi connectivity index (χ2v) is 6.43. The summed E-state index contributed by atoms with van der Waals surface area (Å²) in [6.45, 7) is 0.370. The number of halogens is 1. The maximum atomic E-state index is 13.2. The van der Waals surface area contributed by atoms with Crippen molar-refractivity contribution in [3.63, 3.8) is 0 Å². The molecule has 0 unspecified atom stereocenters. The van der Waals surface area contributed by atoms with Gasteiger partial charge in [-0.05, 0) is 47.7 Å². The minimum Gasteiger partial charge on any atom is -0.352 e. The molecule has 26 heavy (non-hydrogen) atoms. The van der Waals surface area contributed by atoms with Crippen molar-refractivity contribution in [1.82, 2.24) is 5.32 Å². The summed E-state index contributed by atoms with van der Waals surface area (Å²) in [7, 11) is 0. The molecule has 6 heteroatoms. The van der Waals surface area contributed by atoms with Crippen LogP contribution < -0.4 is 10.6 Å². The molecule has 1 heterocycles. The van der Waals surface area contributed by atoms with Gasteiger partial charge in [-0.3, -0.25) is 9.59 Å². The van der Waals surface area contributed by atoms with E-state index in [0.717, 1.165) is 5.56 Å². The van der Waals surface area contributed by atoms with E-state index in [1.807, 2.05) is 11.4 Å². The van der Waals surface area contributed by atoms with Gasteiger partial charge >= 0.3 is 0 Å². The second kappa shape index (κ2) is 8.40. The van der Waals surface area contributed by atoms with Gasteiger partial charge in [0.2, 0.25) is 0 Å². The van der Waals surface area contributed by atoms with Crippen LogP contribution in [0.2, 0.25) is 0 Å². The summed E-state index contributed by atoms with van der Waals surface area (Å²) in [5.41, 5.74) is 2.20. The lowest BCUT2D eigenvalue weighted by Crippen LogP contribution is -2.27. The van der Waals surface area contributed by atoms with E-state index < -0.39 is 0 Å². The van der Waals surface area contributed by atoms with Crippen LogP contribution in [0, 0.1) is 5.82 Å². The zero-order chi connectivity index (χ0) is 18.4. The average Bonchev–Trinajstić information content (AvgIpc) is 3.17. The zero-order valence-electron chi connectivity index (χ0n) is 13.9. The first kappa shape index (κ1) is 17.8. The minimum absolute atomic E-state index is 0.258. The molecule has 0 aliphatic rings. The van der Waals surface area contributed by atoms with Crippen molar-refractivity contribution in [3.05, 3.63) is 87.9 Å². The van der Waals surface area contributed by atoms with E-state index in [1.54, 1.807) is 41.8 Å². The van der Waals surface area contributed by atoms with Crippen LogP contribution in [-0.2, 0) is 6.42 Å². The molecule has 0 bridgehead atoms. The van der Waals surface area contributed by atoms with Gasteiger partial charge in [-0.15, -0.1) is 0 Å². The summed E-state index contributed by atoms with van der Waals surface area (Å²) in [6.07, 6.45) is 0.521. The Morgan fingerprint density at radius 1 is 1.00 bits per heavy atom. The summed E-state index contributed by atoms with van der Waals surface area (Å²) >= 11 is 1.43. The minimum atomic E-state index is -0.296. The molecule has 0 saturated carbocycles. The monoisotopic (exact) mass is 368 g/mol.